The van der Waals surface area contributed by atoms with Gasteiger partial charge in [-0.2, -0.15) is 0 Å². The minimum Gasteiger partial charge on any atom is -0.485 e. The Morgan fingerprint density at radius 3 is 2.58 bits per heavy atom. The van der Waals surface area contributed by atoms with Gasteiger partial charge in [0.25, 0.3) is 0 Å². The summed E-state index contributed by atoms with van der Waals surface area (Å²) in [4.78, 5) is 0.178. The third kappa shape index (κ3) is 4.16. The largest absolute Gasteiger partial charge is 0.485 e. The second-order valence-corrected chi connectivity index (χ2v) is 7.70. The van der Waals surface area contributed by atoms with Crippen LogP contribution in [0.4, 0.5) is 10.1 Å². The molecular weight excluding hydrogens is 393 g/mol. The Morgan fingerprint density at radius 1 is 1.25 bits per heavy atom. The molecule has 130 valence electrons. The Balaban J connectivity index is 0.000000647. The molecule has 0 spiro atoms. The molecule has 2 aromatic rings. The monoisotopic (exact) mass is 413 g/mol. The highest BCUT2D eigenvalue weighted by Crippen LogP contribution is 2.40. The highest BCUT2D eigenvalue weighted by molar-refractivity contribution is 9.10. The first-order valence-corrected chi connectivity index (χ1v) is 9.78. The lowest BCUT2D eigenvalue weighted by Crippen LogP contribution is -2.39. The minimum atomic E-state index is -1.61. The SMILES string of the molecule is CC1CN(S(=O)c2ccccc2F)c2cccc(Br)c2O1.CCC. The molecule has 0 aliphatic carbocycles. The van der Waals surface area contributed by atoms with Crippen molar-refractivity contribution in [2.45, 2.75) is 38.2 Å². The van der Waals surface area contributed by atoms with Crippen LogP contribution in [0.15, 0.2) is 51.8 Å². The smallest absolute Gasteiger partial charge is 0.158 e. The summed E-state index contributed by atoms with van der Waals surface area (Å²) >= 11 is 3.43. The van der Waals surface area contributed by atoms with Gasteiger partial charge in [-0.05, 0) is 47.1 Å². The third-order valence-corrected chi connectivity index (χ3v) is 5.26. The van der Waals surface area contributed by atoms with E-state index in [0.717, 1.165) is 4.47 Å². The Hall–Kier alpha value is -1.40. The molecule has 0 aromatic heterocycles. The molecule has 0 fully saturated rings. The van der Waals surface area contributed by atoms with Crippen molar-refractivity contribution in [1.29, 1.82) is 0 Å². The van der Waals surface area contributed by atoms with Gasteiger partial charge in [-0.3, -0.25) is 4.31 Å². The van der Waals surface area contributed by atoms with E-state index in [0.29, 0.717) is 18.0 Å². The van der Waals surface area contributed by atoms with Gasteiger partial charge in [0.1, 0.15) is 11.9 Å². The van der Waals surface area contributed by atoms with Crippen LogP contribution in [0.25, 0.3) is 0 Å². The van der Waals surface area contributed by atoms with Crippen LogP contribution in [0.2, 0.25) is 0 Å². The van der Waals surface area contributed by atoms with Crippen LogP contribution < -0.4 is 9.04 Å². The van der Waals surface area contributed by atoms with Gasteiger partial charge in [-0.1, -0.05) is 38.5 Å². The first kappa shape index (κ1) is 18.9. The van der Waals surface area contributed by atoms with Crippen LogP contribution >= 0.6 is 15.9 Å². The molecule has 2 atom stereocenters. The zero-order chi connectivity index (χ0) is 17.7. The molecule has 0 radical (unpaired) electrons. The van der Waals surface area contributed by atoms with Gasteiger partial charge in [0.05, 0.1) is 21.6 Å². The normalized spacial score (nSPS) is 17.2. The summed E-state index contributed by atoms with van der Waals surface area (Å²) in [6, 6.07) is 11.7. The van der Waals surface area contributed by atoms with Crippen molar-refractivity contribution in [3.63, 3.8) is 0 Å². The van der Waals surface area contributed by atoms with Crippen LogP contribution in [0.1, 0.15) is 27.2 Å². The van der Waals surface area contributed by atoms with Crippen molar-refractivity contribution < 1.29 is 13.3 Å². The van der Waals surface area contributed by atoms with Gasteiger partial charge in [0.2, 0.25) is 0 Å². The molecule has 6 heteroatoms. The predicted octanol–water partition coefficient (Wildman–Crippen LogP) is 5.31. The maximum atomic E-state index is 13.9. The summed E-state index contributed by atoms with van der Waals surface area (Å²) in [5, 5.41) is 0. The molecule has 2 unspecified atom stereocenters. The number of halogens is 2. The average molecular weight is 414 g/mol. The van der Waals surface area contributed by atoms with E-state index in [2.05, 4.69) is 29.8 Å². The Bertz CT molecular complexity index is 726. The van der Waals surface area contributed by atoms with Crippen molar-refractivity contribution in [1.82, 2.24) is 0 Å². The predicted molar refractivity (Wildman–Crippen MR) is 100 cm³/mol. The van der Waals surface area contributed by atoms with E-state index in [4.69, 9.17) is 4.74 Å². The maximum absolute atomic E-state index is 13.9. The van der Waals surface area contributed by atoms with Gasteiger partial charge in [0.15, 0.2) is 16.7 Å². The summed E-state index contributed by atoms with van der Waals surface area (Å²) in [5.41, 5.74) is 0.698. The number of hydrogen-bond donors (Lipinski definition) is 0. The van der Waals surface area contributed by atoms with Crippen molar-refractivity contribution in [2.24, 2.45) is 0 Å². The van der Waals surface area contributed by atoms with E-state index in [1.165, 1.54) is 12.5 Å². The lowest BCUT2D eigenvalue weighted by atomic mass is 10.2. The van der Waals surface area contributed by atoms with Gasteiger partial charge in [-0.15, -0.1) is 0 Å². The van der Waals surface area contributed by atoms with E-state index >= 15 is 0 Å². The molecular formula is C18H21BrFNO2S. The quantitative estimate of drug-likeness (QED) is 0.666. The van der Waals surface area contributed by atoms with Crippen LogP contribution in [-0.4, -0.2) is 16.9 Å². The molecule has 2 aromatic carbocycles. The fourth-order valence-electron chi connectivity index (χ4n) is 2.24. The minimum absolute atomic E-state index is 0.132. The van der Waals surface area contributed by atoms with E-state index in [9.17, 15) is 8.60 Å². The maximum Gasteiger partial charge on any atom is 0.158 e. The fraction of sp³-hybridized carbons (Fsp3) is 0.333. The first-order valence-electron chi connectivity index (χ1n) is 7.88. The molecule has 24 heavy (non-hydrogen) atoms. The highest BCUT2D eigenvalue weighted by Gasteiger charge is 2.29. The van der Waals surface area contributed by atoms with Crippen LogP contribution in [0.5, 0.6) is 5.75 Å². The average Bonchev–Trinajstić information content (AvgIpc) is 2.56. The number of benzene rings is 2. The molecule has 0 amide bonds. The van der Waals surface area contributed by atoms with E-state index in [1.807, 2.05) is 25.1 Å². The van der Waals surface area contributed by atoms with Crippen LogP contribution in [-0.2, 0) is 11.0 Å². The Morgan fingerprint density at radius 2 is 1.92 bits per heavy atom. The van der Waals surface area contributed by atoms with Crippen molar-refractivity contribution in [2.75, 3.05) is 10.8 Å². The molecule has 3 rings (SSSR count). The standard InChI is InChI=1S/C15H13BrFNO2S.C3H8/c1-10-9-18(13-7-4-5-11(16)15(13)20-10)21(19)14-8-3-2-6-12(14)17;1-3-2/h2-8,10H,9H2,1H3;3H2,1-2H3. The molecule has 1 heterocycles. The number of hydrogen-bond acceptors (Lipinski definition) is 2. The molecule has 0 N–H and O–H groups in total. The Kier molecular flexibility index (Phi) is 6.80. The van der Waals surface area contributed by atoms with Gasteiger partial charge in [-0.25, -0.2) is 8.60 Å². The number of ether oxygens (including phenoxy) is 1. The second kappa shape index (κ2) is 8.62. The van der Waals surface area contributed by atoms with E-state index in [1.54, 1.807) is 22.5 Å². The molecule has 1 aliphatic rings. The second-order valence-electron chi connectivity index (χ2n) is 5.46. The molecule has 3 nitrogen and oxygen atoms in total. The number of nitrogens with zero attached hydrogens (tertiary/aromatic N) is 1. The third-order valence-electron chi connectivity index (χ3n) is 3.18. The number of rotatable bonds is 2. The van der Waals surface area contributed by atoms with Crippen molar-refractivity contribution >= 4 is 32.6 Å². The summed E-state index contributed by atoms with van der Waals surface area (Å²) < 4.78 is 34.9. The Labute approximate surface area is 153 Å². The van der Waals surface area contributed by atoms with Crippen molar-refractivity contribution in [3.8, 4) is 5.75 Å². The van der Waals surface area contributed by atoms with Gasteiger partial charge in [0, 0.05) is 0 Å². The molecule has 1 aliphatic heterocycles. The zero-order valence-electron chi connectivity index (χ0n) is 14.0. The van der Waals surface area contributed by atoms with Gasteiger partial charge >= 0.3 is 0 Å². The summed E-state index contributed by atoms with van der Waals surface area (Å²) in [6.45, 7) is 6.58. The summed E-state index contributed by atoms with van der Waals surface area (Å²) in [6.07, 6.45) is 1.12. The number of fused-ring (bicyclic) bond motifs is 1. The van der Waals surface area contributed by atoms with Crippen LogP contribution in [0.3, 0.4) is 0 Å². The summed E-state index contributed by atoms with van der Waals surface area (Å²) in [5.74, 6) is 0.174. The fourth-order valence-corrected chi connectivity index (χ4v) is 4.03. The van der Waals surface area contributed by atoms with Gasteiger partial charge < -0.3 is 4.74 Å². The number of para-hydroxylation sites is 1. The lowest BCUT2D eigenvalue weighted by molar-refractivity contribution is 0.218. The zero-order valence-corrected chi connectivity index (χ0v) is 16.4. The van der Waals surface area contributed by atoms with E-state index in [-0.39, 0.29) is 11.0 Å². The van der Waals surface area contributed by atoms with E-state index < -0.39 is 16.8 Å². The molecule has 0 saturated carbocycles. The first-order chi connectivity index (χ1) is 11.5. The topological polar surface area (TPSA) is 29.5 Å². The van der Waals surface area contributed by atoms with Crippen LogP contribution in [0, 0.1) is 5.82 Å². The molecule has 0 bridgehead atoms. The highest BCUT2D eigenvalue weighted by atomic mass is 79.9. The molecule has 0 saturated heterocycles. The summed E-state index contributed by atoms with van der Waals surface area (Å²) in [7, 11) is -1.61. The van der Waals surface area contributed by atoms with Crippen molar-refractivity contribution in [3.05, 3.63) is 52.8 Å². The number of anilines is 1. The lowest BCUT2D eigenvalue weighted by Gasteiger charge is -2.34.